The van der Waals surface area contributed by atoms with Gasteiger partial charge in [0.25, 0.3) is 0 Å². The van der Waals surface area contributed by atoms with Gasteiger partial charge in [0.1, 0.15) is 17.0 Å². The molecule has 14 radical (unpaired) electrons. The maximum absolute atomic E-state index is 11.8. The number of ether oxygens (including phenoxy) is 2. The quantitative estimate of drug-likeness (QED) is 0.212. The molecule has 8 aliphatic rings. The molecular weight excluding hydrogens is 1500 g/mol. The predicted molar refractivity (Wildman–Crippen MR) is 377 cm³/mol. The number of piperazine rings is 4. The van der Waals surface area contributed by atoms with Crippen molar-refractivity contribution in [3.05, 3.63) is 0 Å². The number of hydrogen-bond acceptors (Lipinski definition) is 16. The summed E-state index contributed by atoms with van der Waals surface area (Å²) in [6, 6.07) is 1.63. The molecule has 0 spiro atoms. The minimum atomic E-state index is -0.667. The zero-order valence-electron chi connectivity index (χ0n) is 58.1. The Morgan fingerprint density at radius 1 is 0.457 bits per heavy atom. The Morgan fingerprint density at radius 3 is 0.894 bits per heavy atom. The van der Waals surface area contributed by atoms with E-state index in [1.807, 2.05) is 107 Å². The number of nitrogens with zero attached hydrogens (tertiary/aromatic N) is 10. The van der Waals surface area contributed by atoms with E-state index in [0.29, 0.717) is 12.1 Å². The molecule has 0 aromatic rings. The number of nitrogens with one attached hydrogen (secondary N) is 2. The van der Waals surface area contributed by atoms with Crippen molar-refractivity contribution in [3.63, 3.8) is 0 Å². The van der Waals surface area contributed by atoms with Crippen molar-refractivity contribution < 1.29 is 183 Å². The SMILES string of the molecule is C.C.C.C.C#C.CC.CC.CC.CC.CC(=O)N1CC(N2CCN([C-]=O)CC2)C1.CC(C)(C)OC(=O)N1CC(=O)C1.CC(C)(C)OC(=O)N1CC(N2CCN([C-]=O)CC2)C1.CC(C)=O.O=[C-]N1CCN(C2CNC2)CC1.O=[C-]N1CCNCC1.[B]B([B])[B].[B][B].[Y].[Y].[Y].[Y]. The summed E-state index contributed by atoms with van der Waals surface area (Å²) in [6.07, 6.45) is 14.3. The van der Waals surface area contributed by atoms with Crippen LogP contribution in [0, 0.1) is 12.8 Å². The summed E-state index contributed by atoms with van der Waals surface area (Å²) in [5.41, 5.74) is -0.913. The van der Waals surface area contributed by atoms with Crippen LogP contribution < -0.4 is 10.6 Å². The molecule has 7 amide bonds. The summed E-state index contributed by atoms with van der Waals surface area (Å²) in [5, 5.41) is 6.38. The van der Waals surface area contributed by atoms with Crippen LogP contribution in [0.2, 0.25) is 0 Å². The van der Waals surface area contributed by atoms with Crippen LogP contribution in [0.15, 0.2) is 0 Å². The summed E-state index contributed by atoms with van der Waals surface area (Å²) in [4.78, 5) is 114. The monoisotopic (exact) mass is 1620 g/mol. The first kappa shape index (κ1) is 123. The minimum Gasteiger partial charge on any atom is -0.520 e. The van der Waals surface area contributed by atoms with Gasteiger partial charge in [0, 0.05) is 345 Å². The summed E-state index contributed by atoms with van der Waals surface area (Å²) < 4.78 is 10.3. The van der Waals surface area contributed by atoms with Gasteiger partial charge in [0.15, 0.2) is 5.78 Å². The Kier molecular flexibility index (Phi) is 100. The number of amides is 7. The van der Waals surface area contributed by atoms with Crippen molar-refractivity contribution in [3.8, 4) is 12.8 Å². The van der Waals surface area contributed by atoms with E-state index < -0.39 is 23.7 Å². The fourth-order valence-corrected chi connectivity index (χ4v) is 7.76. The number of likely N-dealkylation sites (tertiary alicyclic amines) is 3. The van der Waals surface area contributed by atoms with E-state index in [9.17, 15) is 43.2 Å². The Morgan fingerprint density at radius 2 is 0.691 bits per heavy atom. The van der Waals surface area contributed by atoms with E-state index in [1.54, 1.807) is 52.2 Å². The first-order valence-corrected chi connectivity index (χ1v) is 30.1. The average Bonchev–Trinajstić information content (AvgIpc) is 0.835. The van der Waals surface area contributed by atoms with Gasteiger partial charge < -0.3 is 73.5 Å². The Hall–Kier alpha value is -0.605. The van der Waals surface area contributed by atoms with Crippen molar-refractivity contribution in [1.29, 1.82) is 0 Å². The third kappa shape index (κ3) is 62.4. The second-order valence-corrected chi connectivity index (χ2v) is 21.0. The number of carbonyl (C=O) groups excluding carboxylic acids is 9. The van der Waals surface area contributed by atoms with E-state index in [0.717, 1.165) is 150 Å². The summed E-state index contributed by atoms with van der Waals surface area (Å²) in [5.74, 6) is 0.409. The molecule has 33 heteroatoms. The molecule has 0 aliphatic carbocycles. The number of Topliss-reactive ketones (excluding diaryl/α,β-unsaturated/α-hetero) is 2. The smallest absolute Gasteiger partial charge is 0.411 e. The van der Waals surface area contributed by atoms with Crippen LogP contribution in [0.25, 0.3) is 0 Å². The van der Waals surface area contributed by atoms with Gasteiger partial charge in [-0.2, -0.15) is 25.6 Å². The van der Waals surface area contributed by atoms with E-state index >= 15 is 0 Å². The molecule has 0 unspecified atom stereocenters. The predicted octanol–water partition coefficient (Wildman–Crippen LogP) is 2.80. The third-order valence-electron chi connectivity index (χ3n) is 12.1. The molecule has 23 nitrogen and oxygen atoms in total. The zero-order valence-corrected chi connectivity index (χ0v) is 69.4. The first-order valence-electron chi connectivity index (χ1n) is 30.1. The molecule has 8 heterocycles. The first-order chi connectivity index (χ1) is 40.8. The number of terminal acetylenes is 1. The molecule has 8 rings (SSSR count). The summed E-state index contributed by atoms with van der Waals surface area (Å²) in [6.45, 7) is 51.1. The van der Waals surface area contributed by atoms with Gasteiger partial charge in [0.2, 0.25) is 5.91 Å². The minimum absolute atomic E-state index is 0. The molecule has 8 saturated heterocycles. The van der Waals surface area contributed by atoms with Gasteiger partial charge in [-0.1, -0.05) is 85.1 Å². The fourth-order valence-electron chi connectivity index (χ4n) is 7.76. The van der Waals surface area contributed by atoms with Crippen LogP contribution in [-0.2, 0) is 174 Å². The van der Waals surface area contributed by atoms with Gasteiger partial charge in [0.05, 0.1) is 13.1 Å². The number of ketones is 2. The molecule has 0 aromatic carbocycles. The second-order valence-electron chi connectivity index (χ2n) is 21.0. The molecule has 8 aliphatic heterocycles. The van der Waals surface area contributed by atoms with Crippen molar-refractivity contribution in [1.82, 2.24) is 59.6 Å². The van der Waals surface area contributed by atoms with E-state index in [1.165, 1.54) is 18.7 Å². The number of hydrogen-bond donors (Lipinski definition) is 2. The van der Waals surface area contributed by atoms with Crippen LogP contribution in [0.5, 0.6) is 0 Å². The summed E-state index contributed by atoms with van der Waals surface area (Å²) >= 11 is 0. The largest absolute Gasteiger partial charge is 0.520 e. The van der Waals surface area contributed by atoms with Crippen LogP contribution in [0.3, 0.4) is 0 Å². The van der Waals surface area contributed by atoms with E-state index in [2.05, 4.69) is 76.9 Å². The van der Waals surface area contributed by atoms with Crippen LogP contribution >= 0.6 is 0 Å². The van der Waals surface area contributed by atoms with E-state index in [-0.39, 0.29) is 197 Å². The maximum atomic E-state index is 11.8. The van der Waals surface area contributed by atoms with Crippen molar-refractivity contribution in [2.24, 2.45) is 0 Å². The molecule has 0 saturated carbocycles. The van der Waals surface area contributed by atoms with E-state index in [4.69, 9.17) is 9.47 Å². The van der Waals surface area contributed by atoms with Gasteiger partial charge in [-0.05, 0) is 55.4 Å². The molecule has 8 fully saturated rings. The molecule has 0 bridgehead atoms. The molecule has 0 atom stereocenters. The van der Waals surface area contributed by atoms with Gasteiger partial charge in [-0.15, -0.1) is 12.8 Å². The Balaban J connectivity index is -0.0000000736. The zero-order chi connectivity index (χ0) is 67.6. The van der Waals surface area contributed by atoms with Gasteiger partial charge in [-0.3, -0.25) is 29.2 Å². The standard InChI is InChI=1S/C13H22N3O3.C10H16N3O2.C8H14N3O.C8H13NO3.C5H9N2O.C3H6O.4C2H6.C2H2.4CH4.B4.B2.4Y/c1-13(2,3)19-12(18)16-8-11(9-16)15-6-4-14(10-17)5-7-15;1-9(15)13-6-10(7-13)12-4-2-11(8-14)3-5-12;12-7-10-1-3-11(4-2-10)8-5-9-6-8;1-8(2,3)12-7(11)9-4-6(10)5-9;8-5-7-3-1-6-2-4-7;1-3(2)4;5*1-2;;;;;1-4(2)3;1-2;;;;/h11H,4-9H2,1-3H3;10H,2-7H2,1H3;8-9H,1-6H2;4-5H2,1-3H3;6H,1-4H2;1-2H3;4*1-2H3;1-2H;4*1H4;;;;;;/q3*-1;;-1;;;;;;;;;;;;;;;;. The van der Waals surface area contributed by atoms with Crippen LogP contribution in [0.1, 0.15) is 147 Å². The summed E-state index contributed by atoms with van der Waals surface area (Å²) in [7, 11) is 22.0. The normalized spacial score (nSPS) is 16.5. The van der Waals surface area contributed by atoms with Crippen LogP contribution in [0.4, 0.5) is 9.59 Å². The molecular formula is C61H122B6N12O11Y4-4. The number of carbonyl (C=O) groups is 5. The van der Waals surface area contributed by atoms with Crippen molar-refractivity contribution in [2.75, 3.05) is 157 Å². The number of rotatable bonds is 7. The molecule has 2 N–H and O–H groups in total. The fraction of sp³-hybridized carbons (Fsp3) is 0.820. The third-order valence-corrected chi connectivity index (χ3v) is 12.1. The maximum Gasteiger partial charge on any atom is 0.411 e. The molecule has 0 aromatic heterocycles. The second kappa shape index (κ2) is 76.6. The molecule has 526 valence electrons. The van der Waals surface area contributed by atoms with Crippen LogP contribution in [-0.4, -0.2) is 336 Å². The topological polar surface area (TPSA) is 229 Å². The Bertz CT molecular complexity index is 1810. The molecule has 94 heavy (non-hydrogen) atoms. The van der Waals surface area contributed by atoms with Crippen molar-refractivity contribution >= 4 is 100 Å². The Labute approximate surface area is 682 Å². The van der Waals surface area contributed by atoms with Crippen molar-refractivity contribution in [2.45, 2.75) is 177 Å². The van der Waals surface area contributed by atoms with Gasteiger partial charge >= 0.3 is 12.2 Å². The average molecular weight is 1620 g/mol. The van der Waals surface area contributed by atoms with Gasteiger partial charge in [-0.25, -0.2) is 9.59 Å².